The molecule has 100 valence electrons. The summed E-state index contributed by atoms with van der Waals surface area (Å²) in [6.45, 7) is 5.64. The van der Waals surface area contributed by atoms with Gasteiger partial charge in [-0.3, -0.25) is 5.32 Å². The molecule has 1 aliphatic rings. The largest absolute Gasteiger partial charge is 0.374 e. The molecule has 0 saturated heterocycles. The summed E-state index contributed by atoms with van der Waals surface area (Å²) < 4.78 is 5.84. The maximum absolute atomic E-state index is 5.84. The van der Waals surface area contributed by atoms with Crippen LogP contribution in [0.15, 0.2) is 35.8 Å². The number of thiazole rings is 1. The van der Waals surface area contributed by atoms with E-state index < -0.39 is 0 Å². The van der Waals surface area contributed by atoms with Crippen molar-refractivity contribution < 1.29 is 4.74 Å². The molecule has 3 rings (SSSR count). The van der Waals surface area contributed by atoms with Gasteiger partial charge in [0.2, 0.25) is 0 Å². The van der Waals surface area contributed by atoms with Gasteiger partial charge in [0.05, 0.1) is 13.2 Å². The first-order valence-electron chi connectivity index (χ1n) is 6.56. The van der Waals surface area contributed by atoms with Crippen LogP contribution in [0.25, 0.3) is 0 Å². The molecular formula is C15H18N2OS. The van der Waals surface area contributed by atoms with E-state index in [0.29, 0.717) is 19.3 Å². The highest BCUT2D eigenvalue weighted by molar-refractivity contribution is 7.09. The van der Waals surface area contributed by atoms with Crippen molar-refractivity contribution in [3.63, 3.8) is 0 Å². The summed E-state index contributed by atoms with van der Waals surface area (Å²) in [6, 6.07) is 8.84. The standard InChI is InChI=1S/C15H18N2OS/c1-11(2)17-15(14-16-7-8-19-14)10-18-9-12-5-3-4-6-13(12)15/h3-8,11,17H,9-10H2,1-2H3. The van der Waals surface area contributed by atoms with Gasteiger partial charge in [-0.1, -0.05) is 24.3 Å². The number of fused-ring (bicyclic) bond motifs is 1. The lowest BCUT2D eigenvalue weighted by molar-refractivity contribution is 0.0489. The van der Waals surface area contributed by atoms with E-state index in [1.807, 2.05) is 11.6 Å². The number of nitrogens with zero attached hydrogens (tertiary/aromatic N) is 1. The van der Waals surface area contributed by atoms with Gasteiger partial charge < -0.3 is 4.74 Å². The maximum atomic E-state index is 5.84. The zero-order valence-corrected chi connectivity index (χ0v) is 12.0. The first kappa shape index (κ1) is 12.8. The molecule has 19 heavy (non-hydrogen) atoms. The number of hydrogen-bond acceptors (Lipinski definition) is 4. The van der Waals surface area contributed by atoms with Crippen molar-refractivity contribution in [3.8, 4) is 0 Å². The minimum absolute atomic E-state index is 0.308. The Morgan fingerprint density at radius 1 is 1.37 bits per heavy atom. The zero-order chi connectivity index (χ0) is 13.3. The lowest BCUT2D eigenvalue weighted by atomic mass is 9.85. The third kappa shape index (κ3) is 2.20. The molecule has 0 aliphatic carbocycles. The highest BCUT2D eigenvalue weighted by atomic mass is 32.1. The van der Waals surface area contributed by atoms with Crippen molar-refractivity contribution in [2.45, 2.75) is 32.0 Å². The zero-order valence-electron chi connectivity index (χ0n) is 11.2. The van der Waals surface area contributed by atoms with Crippen molar-refractivity contribution >= 4 is 11.3 Å². The van der Waals surface area contributed by atoms with Crippen LogP contribution in [-0.2, 0) is 16.9 Å². The fourth-order valence-electron chi connectivity index (χ4n) is 2.74. The second kappa shape index (κ2) is 5.04. The monoisotopic (exact) mass is 274 g/mol. The fourth-order valence-corrected chi connectivity index (χ4v) is 3.54. The van der Waals surface area contributed by atoms with Gasteiger partial charge in [-0.15, -0.1) is 11.3 Å². The molecule has 1 aromatic carbocycles. The van der Waals surface area contributed by atoms with E-state index in [1.54, 1.807) is 11.3 Å². The molecule has 0 spiro atoms. The van der Waals surface area contributed by atoms with E-state index in [1.165, 1.54) is 11.1 Å². The Balaban J connectivity index is 2.16. The van der Waals surface area contributed by atoms with Crippen LogP contribution in [0.4, 0.5) is 0 Å². The second-order valence-corrected chi connectivity index (χ2v) is 6.09. The summed E-state index contributed by atoms with van der Waals surface area (Å²) in [5, 5.41) is 6.78. The number of rotatable bonds is 3. The summed E-state index contributed by atoms with van der Waals surface area (Å²) in [7, 11) is 0. The Morgan fingerprint density at radius 3 is 2.95 bits per heavy atom. The number of nitrogens with one attached hydrogen (secondary N) is 1. The Morgan fingerprint density at radius 2 is 2.21 bits per heavy atom. The van der Waals surface area contributed by atoms with Gasteiger partial charge in [-0.2, -0.15) is 0 Å². The highest BCUT2D eigenvalue weighted by Gasteiger charge is 2.41. The topological polar surface area (TPSA) is 34.2 Å². The Bertz CT molecular complexity index is 553. The summed E-state index contributed by atoms with van der Waals surface area (Å²) in [6.07, 6.45) is 1.86. The lowest BCUT2D eigenvalue weighted by Crippen LogP contribution is -2.52. The highest BCUT2D eigenvalue weighted by Crippen LogP contribution is 2.37. The van der Waals surface area contributed by atoms with Crippen LogP contribution in [0.3, 0.4) is 0 Å². The molecule has 4 heteroatoms. The Labute approximate surface area is 117 Å². The van der Waals surface area contributed by atoms with Gasteiger partial charge in [-0.25, -0.2) is 4.98 Å². The molecule has 0 amide bonds. The summed E-state index contributed by atoms with van der Waals surface area (Å²) in [5.74, 6) is 0. The van der Waals surface area contributed by atoms with E-state index in [4.69, 9.17) is 4.74 Å². The van der Waals surface area contributed by atoms with Crippen LogP contribution in [0, 0.1) is 0 Å². The molecule has 1 N–H and O–H groups in total. The van der Waals surface area contributed by atoms with Gasteiger partial charge in [0.1, 0.15) is 10.5 Å². The summed E-state index contributed by atoms with van der Waals surface area (Å²) >= 11 is 1.68. The third-order valence-corrected chi connectivity index (χ3v) is 4.32. The van der Waals surface area contributed by atoms with Crippen molar-refractivity contribution in [1.29, 1.82) is 0 Å². The summed E-state index contributed by atoms with van der Waals surface area (Å²) in [4.78, 5) is 4.54. The van der Waals surface area contributed by atoms with Gasteiger partial charge in [-0.05, 0) is 25.0 Å². The Kier molecular flexibility index (Phi) is 3.39. The molecule has 2 aromatic rings. The van der Waals surface area contributed by atoms with Crippen LogP contribution in [0.1, 0.15) is 30.0 Å². The van der Waals surface area contributed by atoms with E-state index in [9.17, 15) is 0 Å². The minimum atomic E-state index is -0.308. The molecule has 1 aliphatic heterocycles. The maximum Gasteiger partial charge on any atom is 0.120 e. The predicted molar refractivity (Wildman–Crippen MR) is 77.3 cm³/mol. The van der Waals surface area contributed by atoms with Crippen LogP contribution in [0.5, 0.6) is 0 Å². The van der Waals surface area contributed by atoms with Gasteiger partial charge in [0.15, 0.2) is 0 Å². The molecule has 0 fully saturated rings. The van der Waals surface area contributed by atoms with Crippen LogP contribution < -0.4 is 5.32 Å². The first-order chi connectivity index (χ1) is 9.22. The molecule has 2 heterocycles. The van der Waals surface area contributed by atoms with E-state index in [0.717, 1.165) is 5.01 Å². The quantitative estimate of drug-likeness (QED) is 0.934. The normalized spacial score (nSPS) is 22.5. The van der Waals surface area contributed by atoms with Gasteiger partial charge in [0, 0.05) is 17.6 Å². The van der Waals surface area contributed by atoms with E-state index in [-0.39, 0.29) is 5.54 Å². The van der Waals surface area contributed by atoms with Crippen LogP contribution >= 0.6 is 11.3 Å². The number of ether oxygens (including phenoxy) is 1. The average molecular weight is 274 g/mol. The van der Waals surface area contributed by atoms with E-state index >= 15 is 0 Å². The summed E-state index contributed by atoms with van der Waals surface area (Å²) in [5.41, 5.74) is 2.24. The number of aromatic nitrogens is 1. The average Bonchev–Trinajstić information content (AvgIpc) is 2.93. The molecular weight excluding hydrogens is 256 g/mol. The molecule has 3 nitrogen and oxygen atoms in total. The Hall–Kier alpha value is -1.23. The van der Waals surface area contributed by atoms with Gasteiger partial charge >= 0.3 is 0 Å². The predicted octanol–water partition coefficient (Wildman–Crippen LogP) is 2.91. The molecule has 1 atom stereocenters. The van der Waals surface area contributed by atoms with E-state index in [2.05, 4.69) is 48.4 Å². The molecule has 0 saturated carbocycles. The lowest BCUT2D eigenvalue weighted by Gasteiger charge is -2.39. The second-order valence-electron chi connectivity index (χ2n) is 5.19. The SMILES string of the molecule is CC(C)NC1(c2nccs2)COCc2ccccc21. The first-order valence-corrected chi connectivity index (χ1v) is 7.44. The van der Waals surface area contributed by atoms with Crippen molar-refractivity contribution in [2.75, 3.05) is 6.61 Å². The third-order valence-electron chi connectivity index (χ3n) is 3.39. The fraction of sp³-hybridized carbons (Fsp3) is 0.400. The van der Waals surface area contributed by atoms with Crippen molar-refractivity contribution in [1.82, 2.24) is 10.3 Å². The number of benzene rings is 1. The molecule has 0 radical (unpaired) electrons. The molecule has 1 aromatic heterocycles. The molecule has 1 unspecified atom stereocenters. The van der Waals surface area contributed by atoms with Crippen LogP contribution in [0.2, 0.25) is 0 Å². The van der Waals surface area contributed by atoms with Crippen molar-refractivity contribution in [3.05, 3.63) is 52.0 Å². The van der Waals surface area contributed by atoms with Gasteiger partial charge in [0.25, 0.3) is 0 Å². The van der Waals surface area contributed by atoms with Crippen LogP contribution in [-0.4, -0.2) is 17.6 Å². The molecule has 0 bridgehead atoms. The minimum Gasteiger partial charge on any atom is -0.374 e. The smallest absolute Gasteiger partial charge is 0.120 e. The number of hydrogen-bond donors (Lipinski definition) is 1. The van der Waals surface area contributed by atoms with Crippen molar-refractivity contribution in [2.24, 2.45) is 0 Å².